The number of rotatable bonds is 15. The van der Waals surface area contributed by atoms with E-state index in [0.29, 0.717) is 19.3 Å². The van der Waals surface area contributed by atoms with E-state index in [4.69, 9.17) is 0 Å². The molecule has 0 aromatic rings. The van der Waals surface area contributed by atoms with E-state index in [-0.39, 0.29) is 31.1 Å². The highest BCUT2D eigenvalue weighted by Crippen LogP contribution is 2.28. The van der Waals surface area contributed by atoms with E-state index in [1.807, 2.05) is 6.92 Å². The summed E-state index contributed by atoms with van der Waals surface area (Å²) in [4.78, 5) is 0. The van der Waals surface area contributed by atoms with Crippen molar-refractivity contribution in [2.45, 2.75) is 51.6 Å². The van der Waals surface area contributed by atoms with Crippen LogP contribution in [0.2, 0.25) is 0 Å². The summed E-state index contributed by atoms with van der Waals surface area (Å²) in [6.07, 6.45) is 0.795. The molecule has 0 aliphatic heterocycles. The van der Waals surface area contributed by atoms with E-state index < -0.39 is 51.4 Å². The first-order valence-electron chi connectivity index (χ1n) is 8.44. The molecular formula is C17H30F6. The molecule has 140 valence electrons. The van der Waals surface area contributed by atoms with Crippen molar-refractivity contribution >= 4 is 0 Å². The Hall–Kier alpha value is -0.420. The molecule has 0 rings (SSSR count). The van der Waals surface area contributed by atoms with Gasteiger partial charge in [-0.3, -0.25) is 17.6 Å². The fourth-order valence-electron chi connectivity index (χ4n) is 3.01. The number of hydrogen-bond donors (Lipinski definition) is 0. The molecule has 0 fully saturated rings. The first-order chi connectivity index (χ1) is 11.0. The van der Waals surface area contributed by atoms with Crippen LogP contribution in [0.15, 0.2) is 0 Å². The van der Waals surface area contributed by atoms with Gasteiger partial charge in [0.2, 0.25) is 0 Å². The van der Waals surface area contributed by atoms with Crippen molar-refractivity contribution in [2.24, 2.45) is 23.7 Å². The molecule has 0 amide bonds. The number of hydrogen-bond acceptors (Lipinski definition) is 0. The minimum atomic E-state index is -1.44. The lowest BCUT2D eigenvalue weighted by Gasteiger charge is -2.24. The molecule has 0 aliphatic carbocycles. The van der Waals surface area contributed by atoms with E-state index in [0.717, 1.165) is 0 Å². The molecule has 6 heteroatoms. The van der Waals surface area contributed by atoms with Crippen LogP contribution in [0.3, 0.4) is 0 Å². The predicted octanol–water partition coefficient (Wildman–Crippen LogP) is 6.00. The predicted molar refractivity (Wildman–Crippen MR) is 82.1 cm³/mol. The Morgan fingerprint density at radius 1 is 0.609 bits per heavy atom. The summed E-state index contributed by atoms with van der Waals surface area (Å²) in [7, 11) is 0. The van der Waals surface area contributed by atoms with Crippen molar-refractivity contribution in [3.05, 3.63) is 0 Å². The lowest BCUT2D eigenvalue weighted by molar-refractivity contribution is 0.176. The third-order valence-corrected chi connectivity index (χ3v) is 4.32. The summed E-state index contributed by atoms with van der Waals surface area (Å²) in [5.74, 6) is -1.56. The minimum Gasteiger partial charge on any atom is -0.251 e. The van der Waals surface area contributed by atoms with Crippen LogP contribution in [-0.4, -0.2) is 39.5 Å². The highest BCUT2D eigenvalue weighted by molar-refractivity contribution is 4.72. The van der Waals surface area contributed by atoms with Gasteiger partial charge in [0, 0.05) is 5.92 Å². The molecule has 23 heavy (non-hydrogen) atoms. The molecule has 0 aromatic carbocycles. The second-order valence-electron chi connectivity index (χ2n) is 6.71. The van der Waals surface area contributed by atoms with Gasteiger partial charge in [0.05, 0.1) is 26.7 Å². The Morgan fingerprint density at radius 3 is 1.57 bits per heavy atom. The Morgan fingerprint density at radius 2 is 1.09 bits per heavy atom. The average molecular weight is 348 g/mol. The summed E-state index contributed by atoms with van der Waals surface area (Å²) in [6.45, 7) is -2.05. The first-order valence-corrected chi connectivity index (χ1v) is 8.44. The summed E-state index contributed by atoms with van der Waals surface area (Å²) < 4.78 is 76.0. The molecule has 0 aromatic heterocycles. The Balaban J connectivity index is 4.19. The number of halogens is 6. The van der Waals surface area contributed by atoms with Crippen LogP contribution in [0.4, 0.5) is 26.3 Å². The highest BCUT2D eigenvalue weighted by atomic mass is 19.2. The zero-order valence-corrected chi connectivity index (χ0v) is 13.9. The van der Waals surface area contributed by atoms with Crippen LogP contribution in [-0.2, 0) is 0 Å². The number of alkyl halides is 6. The zero-order valence-electron chi connectivity index (χ0n) is 13.9. The second-order valence-corrected chi connectivity index (χ2v) is 6.71. The van der Waals surface area contributed by atoms with E-state index in [1.165, 1.54) is 0 Å². The Bertz CT molecular complexity index is 259. The minimum absolute atomic E-state index is 0.0917. The third-order valence-electron chi connectivity index (χ3n) is 4.32. The summed E-state index contributed by atoms with van der Waals surface area (Å²) in [5.41, 5.74) is 0. The Labute approximate surface area is 136 Å². The van der Waals surface area contributed by atoms with Gasteiger partial charge in [-0.2, -0.15) is 0 Å². The molecule has 0 aliphatic rings. The summed E-state index contributed by atoms with van der Waals surface area (Å²) in [6, 6.07) is 0. The van der Waals surface area contributed by atoms with Gasteiger partial charge in [0.15, 0.2) is 0 Å². The zero-order chi connectivity index (χ0) is 17.7. The molecule has 4 unspecified atom stereocenters. The van der Waals surface area contributed by atoms with E-state index in [9.17, 15) is 26.3 Å². The highest BCUT2D eigenvalue weighted by Gasteiger charge is 2.22. The van der Waals surface area contributed by atoms with Gasteiger partial charge in [0.1, 0.15) is 12.8 Å². The maximum Gasteiger partial charge on any atom is 0.128 e. The fraction of sp³-hybridized carbons (Fsp3) is 1.00. The maximum absolute atomic E-state index is 13.1. The van der Waals surface area contributed by atoms with Gasteiger partial charge in [-0.25, -0.2) is 8.78 Å². The van der Waals surface area contributed by atoms with Crippen molar-refractivity contribution in [1.82, 2.24) is 0 Å². The monoisotopic (exact) mass is 348 g/mol. The maximum atomic E-state index is 13.1. The van der Waals surface area contributed by atoms with Crippen LogP contribution in [0.5, 0.6) is 0 Å². The van der Waals surface area contributed by atoms with Gasteiger partial charge < -0.3 is 0 Å². The van der Waals surface area contributed by atoms with E-state index in [2.05, 4.69) is 0 Å². The fourth-order valence-corrected chi connectivity index (χ4v) is 3.01. The molecule has 0 radical (unpaired) electrons. The molecule has 0 spiro atoms. The topological polar surface area (TPSA) is 0 Å². The molecular weight excluding hydrogens is 318 g/mol. The van der Waals surface area contributed by atoms with E-state index in [1.54, 1.807) is 0 Å². The van der Waals surface area contributed by atoms with Gasteiger partial charge in [-0.05, 0) is 43.4 Å². The summed E-state index contributed by atoms with van der Waals surface area (Å²) >= 11 is 0. The largest absolute Gasteiger partial charge is 0.251 e. The average Bonchev–Trinajstić information content (AvgIpc) is 2.57. The second kappa shape index (κ2) is 14.0. The van der Waals surface area contributed by atoms with Gasteiger partial charge >= 0.3 is 0 Å². The van der Waals surface area contributed by atoms with Gasteiger partial charge in [0.25, 0.3) is 0 Å². The van der Waals surface area contributed by atoms with Crippen molar-refractivity contribution in [1.29, 1.82) is 0 Å². The van der Waals surface area contributed by atoms with Crippen LogP contribution < -0.4 is 0 Å². The van der Waals surface area contributed by atoms with Crippen LogP contribution in [0.1, 0.15) is 45.4 Å². The normalized spacial score (nSPS) is 17.2. The van der Waals surface area contributed by atoms with Crippen molar-refractivity contribution in [2.75, 3.05) is 33.4 Å². The van der Waals surface area contributed by atoms with Crippen molar-refractivity contribution in [3.63, 3.8) is 0 Å². The molecule has 0 N–H and O–H groups in total. The standard InChI is InChI=1S/C17H30F6/c1-13(3-2-4-17(23)12-22)5-14(8-18)6-15(9-19)7-16(10-20)11-21/h13-17H,2-12H2,1H3. The molecule has 0 saturated carbocycles. The lowest BCUT2D eigenvalue weighted by Crippen LogP contribution is -2.20. The lowest BCUT2D eigenvalue weighted by atomic mass is 9.83. The van der Waals surface area contributed by atoms with Crippen molar-refractivity contribution < 1.29 is 26.3 Å². The summed E-state index contributed by atoms with van der Waals surface area (Å²) in [5, 5.41) is 0. The third kappa shape index (κ3) is 10.9. The molecule has 4 atom stereocenters. The van der Waals surface area contributed by atoms with Crippen LogP contribution in [0.25, 0.3) is 0 Å². The Kier molecular flexibility index (Phi) is 13.7. The SMILES string of the molecule is CC(CCCC(F)CF)CC(CF)CC(CF)CC(CF)CF. The smallest absolute Gasteiger partial charge is 0.128 e. The molecule has 0 nitrogen and oxygen atoms in total. The van der Waals surface area contributed by atoms with Gasteiger partial charge in [-0.1, -0.05) is 19.8 Å². The first kappa shape index (κ1) is 22.6. The van der Waals surface area contributed by atoms with Crippen molar-refractivity contribution in [3.8, 4) is 0 Å². The molecule has 0 bridgehead atoms. The molecule has 0 heterocycles. The van der Waals surface area contributed by atoms with Crippen LogP contribution in [0, 0.1) is 23.7 Å². The van der Waals surface area contributed by atoms with Crippen LogP contribution >= 0.6 is 0 Å². The quantitative estimate of drug-likeness (QED) is 0.319. The van der Waals surface area contributed by atoms with E-state index >= 15 is 0 Å². The molecule has 0 saturated heterocycles. The van der Waals surface area contributed by atoms with Gasteiger partial charge in [-0.15, -0.1) is 0 Å².